The lowest BCUT2D eigenvalue weighted by atomic mass is 10.0. The van der Waals surface area contributed by atoms with E-state index >= 15 is 0 Å². The molecule has 2 aromatic heterocycles. The number of pyridine rings is 1. The molecule has 1 aromatic carbocycles. The summed E-state index contributed by atoms with van der Waals surface area (Å²) in [5, 5.41) is 0.870. The van der Waals surface area contributed by atoms with E-state index in [2.05, 4.69) is 14.9 Å². The van der Waals surface area contributed by atoms with Crippen molar-refractivity contribution in [3.05, 3.63) is 58.9 Å². The number of alkyl halides is 3. The number of aromatic amines is 1. The van der Waals surface area contributed by atoms with E-state index < -0.39 is 11.7 Å². The molecule has 1 fully saturated rings. The minimum atomic E-state index is -4.48. The molecule has 0 amide bonds. The van der Waals surface area contributed by atoms with E-state index in [1.807, 2.05) is 36.1 Å². The number of piperazine rings is 1. The number of H-pyrrole nitrogens is 1. The van der Waals surface area contributed by atoms with Crippen LogP contribution in [-0.2, 0) is 6.18 Å². The predicted molar refractivity (Wildman–Crippen MR) is 110 cm³/mol. The smallest absolute Gasteiger partial charge is 0.360 e. The van der Waals surface area contributed by atoms with E-state index in [1.165, 1.54) is 0 Å². The molecular weight excluding hydrogens is 417 g/mol. The number of nitrogens with one attached hydrogen (secondary N) is 1. The van der Waals surface area contributed by atoms with Crippen LogP contribution < -0.4 is 4.90 Å². The molecule has 0 bridgehead atoms. The average molecular weight is 437 g/mol. The number of carbonyl (C=O) groups is 1. The molecule has 1 unspecified atom stereocenters. The van der Waals surface area contributed by atoms with Gasteiger partial charge < -0.3 is 9.88 Å². The van der Waals surface area contributed by atoms with Crippen LogP contribution in [0.3, 0.4) is 0 Å². The number of hydrogen-bond acceptors (Lipinski definition) is 4. The third kappa shape index (κ3) is 3.89. The second-order valence-corrected chi connectivity index (χ2v) is 7.75. The van der Waals surface area contributed by atoms with Gasteiger partial charge in [-0.3, -0.25) is 9.69 Å². The van der Waals surface area contributed by atoms with Crippen molar-refractivity contribution in [2.45, 2.75) is 19.1 Å². The number of benzene rings is 1. The van der Waals surface area contributed by atoms with Gasteiger partial charge in [-0.2, -0.15) is 13.2 Å². The quantitative estimate of drug-likeness (QED) is 0.606. The number of ketones is 1. The lowest BCUT2D eigenvalue weighted by Gasteiger charge is -2.38. The lowest BCUT2D eigenvalue weighted by molar-refractivity contribution is -0.137. The number of carbonyl (C=O) groups excluding carboxylic acids is 1. The van der Waals surface area contributed by atoms with E-state index in [1.54, 1.807) is 6.20 Å². The summed E-state index contributed by atoms with van der Waals surface area (Å²) in [4.78, 5) is 24.0. The Morgan fingerprint density at radius 2 is 1.90 bits per heavy atom. The maximum atomic E-state index is 13.0. The van der Waals surface area contributed by atoms with Crippen LogP contribution in [0.15, 0.2) is 42.7 Å². The van der Waals surface area contributed by atoms with Gasteiger partial charge in [-0.15, -0.1) is 0 Å². The largest absolute Gasteiger partial charge is 0.417 e. The van der Waals surface area contributed by atoms with Crippen LogP contribution in [0.1, 0.15) is 22.8 Å². The number of para-hydroxylation sites is 1. The molecule has 1 N–H and O–H groups in total. The first-order chi connectivity index (χ1) is 14.3. The number of rotatable bonds is 4. The molecular formula is C21H20ClF3N4O. The minimum absolute atomic E-state index is 0.0267. The third-order valence-corrected chi connectivity index (χ3v) is 5.82. The highest BCUT2D eigenvalue weighted by Crippen LogP contribution is 2.34. The molecule has 3 heterocycles. The number of fused-ring (bicyclic) bond motifs is 1. The van der Waals surface area contributed by atoms with Gasteiger partial charge in [-0.1, -0.05) is 29.8 Å². The van der Waals surface area contributed by atoms with E-state index in [0.717, 1.165) is 23.2 Å². The summed E-state index contributed by atoms with van der Waals surface area (Å²) < 4.78 is 38.5. The fourth-order valence-electron chi connectivity index (χ4n) is 3.81. The van der Waals surface area contributed by atoms with Gasteiger partial charge in [0, 0.05) is 55.0 Å². The van der Waals surface area contributed by atoms with Crippen LogP contribution in [0, 0.1) is 0 Å². The topological polar surface area (TPSA) is 52.2 Å². The van der Waals surface area contributed by atoms with Crippen LogP contribution in [-0.4, -0.2) is 52.9 Å². The molecule has 0 aliphatic carbocycles. The summed E-state index contributed by atoms with van der Waals surface area (Å²) in [6.07, 6.45) is -1.94. The van der Waals surface area contributed by atoms with Crippen LogP contribution in [0.4, 0.5) is 19.0 Å². The summed E-state index contributed by atoms with van der Waals surface area (Å²) in [6, 6.07) is 8.24. The lowest BCUT2D eigenvalue weighted by Crippen LogP contribution is -2.52. The van der Waals surface area contributed by atoms with Gasteiger partial charge in [0.1, 0.15) is 5.82 Å². The van der Waals surface area contributed by atoms with Crippen LogP contribution >= 0.6 is 11.6 Å². The number of halogens is 4. The molecule has 1 atom stereocenters. The highest BCUT2D eigenvalue weighted by Gasteiger charge is 2.33. The fraction of sp³-hybridized carbons (Fsp3) is 0.333. The Kier molecular flexibility index (Phi) is 5.46. The molecule has 3 aromatic rings. The zero-order valence-corrected chi connectivity index (χ0v) is 17.0. The average Bonchev–Trinajstić information content (AvgIpc) is 3.16. The molecule has 158 valence electrons. The Balaban J connectivity index is 1.44. The van der Waals surface area contributed by atoms with Gasteiger partial charge in [-0.25, -0.2) is 4.98 Å². The standard InChI is InChI=1S/C21H20ClF3N4O/c1-13(19(30)16-12-26-18-5-3-2-4-15(16)18)28-6-8-29(9-7-28)20-17(22)10-14(11-27-20)21(23,24)25/h2-5,10-13,26H,6-9H2,1H3. The first kappa shape index (κ1) is 20.7. The molecule has 1 aliphatic heterocycles. The van der Waals surface area contributed by atoms with Crippen molar-refractivity contribution in [1.29, 1.82) is 0 Å². The Labute approximate surface area is 176 Å². The molecule has 4 rings (SSSR count). The summed E-state index contributed by atoms with van der Waals surface area (Å²) in [6.45, 7) is 4.07. The highest BCUT2D eigenvalue weighted by molar-refractivity contribution is 6.33. The van der Waals surface area contributed by atoms with Crippen molar-refractivity contribution in [3.63, 3.8) is 0 Å². The first-order valence-electron chi connectivity index (χ1n) is 9.58. The van der Waals surface area contributed by atoms with E-state index in [9.17, 15) is 18.0 Å². The SMILES string of the molecule is CC(C(=O)c1c[nH]c2ccccc12)N1CCN(c2ncc(C(F)(F)F)cc2Cl)CC1. The summed E-state index contributed by atoms with van der Waals surface area (Å²) in [7, 11) is 0. The third-order valence-electron chi connectivity index (χ3n) is 5.54. The second-order valence-electron chi connectivity index (χ2n) is 7.34. The van der Waals surface area contributed by atoms with Gasteiger partial charge in [0.25, 0.3) is 0 Å². The van der Waals surface area contributed by atoms with Gasteiger partial charge in [0.15, 0.2) is 5.78 Å². The molecule has 30 heavy (non-hydrogen) atoms. The maximum absolute atomic E-state index is 13.0. The van der Waals surface area contributed by atoms with E-state index in [-0.39, 0.29) is 16.8 Å². The zero-order valence-electron chi connectivity index (χ0n) is 16.2. The van der Waals surface area contributed by atoms with E-state index in [0.29, 0.717) is 37.6 Å². The molecule has 1 saturated heterocycles. The Morgan fingerprint density at radius 1 is 1.20 bits per heavy atom. The summed E-state index contributed by atoms with van der Waals surface area (Å²) >= 11 is 6.07. The molecule has 5 nitrogen and oxygen atoms in total. The number of aromatic nitrogens is 2. The Morgan fingerprint density at radius 3 is 2.57 bits per heavy atom. The van der Waals surface area contributed by atoms with Gasteiger partial charge in [0.2, 0.25) is 0 Å². The van der Waals surface area contributed by atoms with Crippen LogP contribution in [0.25, 0.3) is 10.9 Å². The normalized spacial score (nSPS) is 16.8. The van der Waals surface area contributed by atoms with Crippen molar-refractivity contribution in [3.8, 4) is 0 Å². The molecule has 0 spiro atoms. The van der Waals surface area contributed by atoms with Gasteiger partial charge in [-0.05, 0) is 19.1 Å². The van der Waals surface area contributed by atoms with Crippen molar-refractivity contribution in [2.75, 3.05) is 31.1 Å². The second kappa shape index (κ2) is 7.92. The summed E-state index contributed by atoms with van der Waals surface area (Å²) in [5.41, 5.74) is 0.710. The molecule has 9 heteroatoms. The minimum Gasteiger partial charge on any atom is -0.360 e. The van der Waals surface area contributed by atoms with Crippen molar-refractivity contribution >= 4 is 34.1 Å². The number of hydrogen-bond donors (Lipinski definition) is 1. The van der Waals surface area contributed by atoms with Gasteiger partial charge in [0.05, 0.1) is 16.6 Å². The van der Waals surface area contributed by atoms with Crippen LogP contribution in [0.5, 0.6) is 0 Å². The number of Topliss-reactive ketones (excluding diaryl/α,β-unsaturated/α-hetero) is 1. The first-order valence-corrected chi connectivity index (χ1v) is 9.95. The van der Waals surface area contributed by atoms with Crippen molar-refractivity contribution in [1.82, 2.24) is 14.9 Å². The Hall–Kier alpha value is -2.58. The number of nitrogens with zero attached hydrogens (tertiary/aromatic N) is 3. The fourth-order valence-corrected chi connectivity index (χ4v) is 4.09. The maximum Gasteiger partial charge on any atom is 0.417 e. The summed E-state index contributed by atoms with van der Waals surface area (Å²) in [5.74, 6) is 0.367. The van der Waals surface area contributed by atoms with E-state index in [4.69, 9.17) is 11.6 Å². The highest BCUT2D eigenvalue weighted by atomic mass is 35.5. The van der Waals surface area contributed by atoms with Crippen LogP contribution in [0.2, 0.25) is 5.02 Å². The van der Waals surface area contributed by atoms with Crippen molar-refractivity contribution in [2.24, 2.45) is 0 Å². The van der Waals surface area contributed by atoms with Gasteiger partial charge >= 0.3 is 6.18 Å². The monoisotopic (exact) mass is 436 g/mol. The van der Waals surface area contributed by atoms with Crippen molar-refractivity contribution < 1.29 is 18.0 Å². The molecule has 1 aliphatic rings. The predicted octanol–water partition coefficient (Wildman–Crippen LogP) is 4.63. The number of anilines is 1. The zero-order chi connectivity index (χ0) is 21.5. The molecule has 0 radical (unpaired) electrons. The Bertz CT molecular complexity index is 1070. The molecule has 0 saturated carbocycles.